The SMILES string of the molecule is CC(Sc1cc(-c2ccccc2)ncn1)C(=O)c1ccc2[nH]c(=O)[nH]c2c1. The zero-order valence-electron chi connectivity index (χ0n) is 14.5. The Morgan fingerprint density at radius 1 is 1.00 bits per heavy atom. The Morgan fingerprint density at radius 2 is 1.78 bits per heavy atom. The van der Waals surface area contributed by atoms with Crippen molar-refractivity contribution in [3.63, 3.8) is 0 Å². The van der Waals surface area contributed by atoms with Crippen LogP contribution in [0, 0.1) is 0 Å². The number of aromatic nitrogens is 4. The van der Waals surface area contributed by atoms with E-state index in [1.165, 1.54) is 18.1 Å². The summed E-state index contributed by atoms with van der Waals surface area (Å²) >= 11 is 1.39. The molecule has 0 amide bonds. The summed E-state index contributed by atoms with van der Waals surface area (Å²) in [7, 11) is 0. The summed E-state index contributed by atoms with van der Waals surface area (Å²) in [4.78, 5) is 38.1. The Bertz CT molecular complexity index is 1170. The number of carbonyl (C=O) groups excluding carboxylic acids is 1. The number of fused-ring (bicyclic) bond motifs is 1. The number of aromatic amines is 2. The van der Waals surface area contributed by atoms with Gasteiger partial charge in [-0.1, -0.05) is 42.1 Å². The number of imidazole rings is 1. The maximum atomic E-state index is 12.8. The molecular weight excluding hydrogens is 360 g/mol. The van der Waals surface area contributed by atoms with Gasteiger partial charge >= 0.3 is 5.69 Å². The molecule has 4 rings (SSSR count). The zero-order chi connectivity index (χ0) is 18.8. The van der Waals surface area contributed by atoms with Crippen LogP contribution in [0.1, 0.15) is 17.3 Å². The van der Waals surface area contributed by atoms with Crippen LogP contribution in [0.3, 0.4) is 0 Å². The first kappa shape index (κ1) is 17.2. The number of rotatable bonds is 5. The molecule has 1 atom stereocenters. The van der Waals surface area contributed by atoms with E-state index in [4.69, 9.17) is 0 Å². The van der Waals surface area contributed by atoms with Crippen LogP contribution < -0.4 is 5.69 Å². The Kier molecular flexibility index (Phi) is 4.60. The highest BCUT2D eigenvalue weighted by atomic mass is 32.2. The lowest BCUT2D eigenvalue weighted by Crippen LogP contribution is -2.13. The van der Waals surface area contributed by atoms with Crippen LogP contribution in [0.2, 0.25) is 0 Å². The molecule has 0 bridgehead atoms. The number of H-pyrrole nitrogens is 2. The van der Waals surface area contributed by atoms with Gasteiger partial charge < -0.3 is 9.97 Å². The topological polar surface area (TPSA) is 91.5 Å². The number of nitrogens with one attached hydrogen (secondary N) is 2. The summed E-state index contributed by atoms with van der Waals surface area (Å²) in [6.07, 6.45) is 1.51. The lowest BCUT2D eigenvalue weighted by molar-refractivity contribution is 0.0994. The van der Waals surface area contributed by atoms with E-state index in [2.05, 4.69) is 19.9 Å². The maximum absolute atomic E-state index is 12.8. The molecule has 27 heavy (non-hydrogen) atoms. The van der Waals surface area contributed by atoms with Crippen molar-refractivity contribution in [2.75, 3.05) is 0 Å². The molecular formula is C20H16N4O2S. The van der Waals surface area contributed by atoms with Gasteiger partial charge in [-0.2, -0.15) is 0 Å². The maximum Gasteiger partial charge on any atom is 0.323 e. The average Bonchev–Trinajstić information content (AvgIpc) is 3.07. The van der Waals surface area contributed by atoms with Gasteiger partial charge in [0, 0.05) is 11.1 Å². The number of Topliss-reactive ketones (excluding diaryl/α,β-unsaturated/α-hetero) is 1. The average molecular weight is 376 g/mol. The normalized spacial score (nSPS) is 12.2. The minimum Gasteiger partial charge on any atom is -0.306 e. The Hall–Kier alpha value is -3.19. The van der Waals surface area contributed by atoms with Crippen LogP contribution in [-0.2, 0) is 0 Å². The molecule has 0 saturated heterocycles. The monoisotopic (exact) mass is 376 g/mol. The lowest BCUT2D eigenvalue weighted by Gasteiger charge is -2.10. The van der Waals surface area contributed by atoms with Crippen molar-refractivity contribution >= 4 is 28.6 Å². The number of nitrogens with zero attached hydrogens (tertiary/aromatic N) is 2. The fraction of sp³-hybridized carbons (Fsp3) is 0.100. The molecule has 0 radical (unpaired) electrons. The van der Waals surface area contributed by atoms with Crippen molar-refractivity contribution in [1.29, 1.82) is 0 Å². The van der Waals surface area contributed by atoms with Crippen molar-refractivity contribution in [2.24, 2.45) is 0 Å². The van der Waals surface area contributed by atoms with Crippen molar-refractivity contribution in [2.45, 2.75) is 17.2 Å². The molecule has 2 aromatic heterocycles. The Morgan fingerprint density at radius 3 is 2.59 bits per heavy atom. The summed E-state index contributed by atoms with van der Waals surface area (Å²) in [6, 6.07) is 16.9. The van der Waals surface area contributed by atoms with Crippen LogP contribution in [0.5, 0.6) is 0 Å². The first-order chi connectivity index (χ1) is 13.1. The van der Waals surface area contributed by atoms with E-state index in [-0.39, 0.29) is 16.7 Å². The second-order valence-electron chi connectivity index (χ2n) is 6.07. The summed E-state index contributed by atoms with van der Waals surface area (Å²) in [5.41, 5.74) is 3.39. The molecule has 6 nitrogen and oxygen atoms in total. The highest BCUT2D eigenvalue weighted by Gasteiger charge is 2.18. The van der Waals surface area contributed by atoms with Crippen molar-refractivity contribution in [3.05, 3.63) is 77.0 Å². The number of benzene rings is 2. The van der Waals surface area contributed by atoms with Gasteiger partial charge in [0.05, 0.1) is 22.0 Å². The summed E-state index contributed by atoms with van der Waals surface area (Å²) in [6.45, 7) is 1.85. The summed E-state index contributed by atoms with van der Waals surface area (Å²) < 4.78 is 0. The van der Waals surface area contributed by atoms with E-state index in [0.29, 0.717) is 16.6 Å². The molecule has 0 spiro atoms. The lowest BCUT2D eigenvalue weighted by atomic mass is 10.1. The minimum absolute atomic E-state index is 0.0242. The van der Waals surface area contributed by atoms with E-state index in [1.54, 1.807) is 18.2 Å². The third kappa shape index (κ3) is 3.68. The fourth-order valence-electron chi connectivity index (χ4n) is 2.83. The smallest absolute Gasteiger partial charge is 0.306 e. The predicted octanol–water partition coefficient (Wildman–Crippen LogP) is 3.68. The molecule has 0 aliphatic heterocycles. The summed E-state index contributed by atoms with van der Waals surface area (Å²) in [5.74, 6) is -0.0242. The van der Waals surface area contributed by atoms with E-state index in [1.807, 2.05) is 43.3 Å². The molecule has 2 heterocycles. The van der Waals surface area contributed by atoms with Crippen molar-refractivity contribution in [3.8, 4) is 11.3 Å². The first-order valence-electron chi connectivity index (χ1n) is 8.40. The van der Waals surface area contributed by atoms with Gasteiger partial charge in [-0.05, 0) is 31.2 Å². The van der Waals surface area contributed by atoms with Crippen LogP contribution in [0.4, 0.5) is 0 Å². The van der Waals surface area contributed by atoms with Crippen molar-refractivity contribution < 1.29 is 4.79 Å². The van der Waals surface area contributed by atoms with Crippen LogP contribution in [0.25, 0.3) is 22.3 Å². The van der Waals surface area contributed by atoms with Gasteiger partial charge in [-0.15, -0.1) is 0 Å². The molecule has 0 aliphatic rings. The first-order valence-corrected chi connectivity index (χ1v) is 9.28. The zero-order valence-corrected chi connectivity index (χ0v) is 15.3. The highest BCUT2D eigenvalue weighted by Crippen LogP contribution is 2.27. The largest absolute Gasteiger partial charge is 0.323 e. The second-order valence-corrected chi connectivity index (χ2v) is 7.43. The highest BCUT2D eigenvalue weighted by molar-refractivity contribution is 8.00. The quantitative estimate of drug-likeness (QED) is 0.315. The fourth-order valence-corrected chi connectivity index (χ4v) is 3.72. The third-order valence-electron chi connectivity index (χ3n) is 4.18. The van der Waals surface area contributed by atoms with Crippen molar-refractivity contribution in [1.82, 2.24) is 19.9 Å². The van der Waals surface area contributed by atoms with E-state index in [0.717, 1.165) is 16.3 Å². The van der Waals surface area contributed by atoms with E-state index < -0.39 is 0 Å². The van der Waals surface area contributed by atoms with Gasteiger partial charge in [0.15, 0.2) is 5.78 Å². The number of ketones is 1. The van der Waals surface area contributed by atoms with Gasteiger partial charge in [-0.25, -0.2) is 14.8 Å². The van der Waals surface area contributed by atoms with Gasteiger partial charge in [-0.3, -0.25) is 4.79 Å². The van der Waals surface area contributed by atoms with Crippen LogP contribution in [0.15, 0.2) is 70.7 Å². The van der Waals surface area contributed by atoms with E-state index >= 15 is 0 Å². The van der Waals surface area contributed by atoms with E-state index in [9.17, 15) is 9.59 Å². The molecule has 4 aromatic rings. The Labute approximate surface area is 159 Å². The van der Waals surface area contributed by atoms with Crippen LogP contribution >= 0.6 is 11.8 Å². The second kappa shape index (κ2) is 7.20. The summed E-state index contributed by atoms with van der Waals surface area (Å²) in [5, 5.41) is 0.410. The molecule has 0 aliphatic carbocycles. The van der Waals surface area contributed by atoms with Gasteiger partial charge in [0.2, 0.25) is 0 Å². The number of carbonyl (C=O) groups is 1. The van der Waals surface area contributed by atoms with Gasteiger partial charge in [0.1, 0.15) is 11.4 Å². The number of hydrogen-bond donors (Lipinski definition) is 2. The molecule has 134 valence electrons. The molecule has 0 saturated carbocycles. The standard InChI is InChI=1S/C20H16N4O2S/c1-12(19(25)14-7-8-15-17(9-14)24-20(26)23-15)27-18-10-16(21-11-22-18)13-5-3-2-4-6-13/h2-12H,1H3,(H2,23,24,26). The molecule has 7 heteroatoms. The van der Waals surface area contributed by atoms with Crippen LogP contribution in [-0.4, -0.2) is 31.0 Å². The predicted molar refractivity (Wildman–Crippen MR) is 106 cm³/mol. The molecule has 2 aromatic carbocycles. The Balaban J connectivity index is 1.55. The minimum atomic E-state index is -0.327. The third-order valence-corrected chi connectivity index (χ3v) is 5.21. The number of hydrogen-bond acceptors (Lipinski definition) is 5. The molecule has 2 N–H and O–H groups in total. The molecule has 0 fully saturated rings. The van der Waals surface area contributed by atoms with Gasteiger partial charge in [0.25, 0.3) is 0 Å². The number of thioether (sulfide) groups is 1. The molecule has 1 unspecified atom stereocenters.